The van der Waals surface area contributed by atoms with Gasteiger partial charge in [0.05, 0.1) is 32.0 Å². The van der Waals surface area contributed by atoms with Crippen molar-refractivity contribution >= 4 is 104 Å². The Bertz CT molecular complexity index is 3170. The number of fused-ring (bicyclic) bond motifs is 11. The van der Waals surface area contributed by atoms with Gasteiger partial charge < -0.3 is 14.5 Å². The number of para-hydroxylation sites is 2. The molecule has 16 nitrogen and oxygen atoms in total. The fourth-order valence-electron chi connectivity index (χ4n) is 12.5. The molecule has 4 aromatic carbocycles. The second kappa shape index (κ2) is 13.7. The molecule has 8 atom stereocenters. The molecule has 2 spiro atoms. The third-order valence-corrected chi connectivity index (χ3v) is 26.3. The smallest absolute Gasteiger partial charge is 0.302 e. The molecule has 8 saturated heterocycles. The normalized spacial score (nSPS) is 34.3. The molecule has 0 unspecified atom stereocenters. The van der Waals surface area contributed by atoms with Gasteiger partial charge in [0.2, 0.25) is 4.87 Å². The molecule has 8 fully saturated rings. The topological polar surface area (TPSA) is 182 Å². The van der Waals surface area contributed by atoms with Crippen molar-refractivity contribution in [3.05, 3.63) is 120 Å². The molecule has 0 aliphatic carbocycles. The molecule has 4 bridgehead atoms. The molecule has 10 heterocycles. The predicted molar refractivity (Wildman–Crippen MR) is 253 cm³/mol. The van der Waals surface area contributed by atoms with Crippen molar-refractivity contribution < 1.29 is 45.5 Å². The monoisotopic (exact) mass is 1020 g/mol. The predicted octanol–water partition coefficient (Wildman–Crippen LogP) is 4.89. The van der Waals surface area contributed by atoms with Crippen LogP contribution in [-0.4, -0.2) is 119 Å². The van der Waals surface area contributed by atoms with E-state index in [1.807, 2.05) is 0 Å². The highest BCUT2D eigenvalue weighted by atomic mass is 33.1. The summed E-state index contributed by atoms with van der Waals surface area (Å²) < 4.78 is 71.3. The van der Waals surface area contributed by atoms with E-state index in [4.69, 9.17) is 4.74 Å². The van der Waals surface area contributed by atoms with Crippen LogP contribution in [0.3, 0.4) is 0 Å². The molecule has 0 radical (unpaired) electrons. The Hall–Kier alpha value is -4.87. The van der Waals surface area contributed by atoms with E-state index >= 15 is 36.0 Å². The first kappa shape index (κ1) is 43.4. The number of likely N-dealkylation sites (N-methyl/N-ethyl adjacent to an activating group) is 2. The number of amides is 4. The lowest BCUT2D eigenvalue weighted by Gasteiger charge is -2.59. The number of rotatable bonds is 8. The molecular weight excluding hydrogens is 977 g/mol. The molecule has 0 aromatic heterocycles. The van der Waals surface area contributed by atoms with Gasteiger partial charge in [-0.3, -0.25) is 33.8 Å². The van der Waals surface area contributed by atoms with Crippen LogP contribution in [0, 0.1) is 0 Å². The summed E-state index contributed by atoms with van der Waals surface area (Å²) in [4.78, 5) is 73.9. The van der Waals surface area contributed by atoms with Crippen molar-refractivity contribution in [1.29, 1.82) is 0 Å². The average molecular weight is 1020 g/mol. The highest BCUT2D eigenvalue weighted by Gasteiger charge is 2.90. The minimum Gasteiger partial charge on any atom is -0.462 e. The number of piperazine rings is 2. The summed E-state index contributed by atoms with van der Waals surface area (Å²) in [6.07, 6.45) is -3.52. The van der Waals surface area contributed by atoms with Crippen molar-refractivity contribution in [3.63, 3.8) is 0 Å². The summed E-state index contributed by atoms with van der Waals surface area (Å²) in [6, 6.07) is 29.2. The number of carbonyl (C=O) groups is 5. The molecule has 0 N–H and O–H groups in total. The van der Waals surface area contributed by atoms with E-state index in [0.29, 0.717) is 11.1 Å². The fourth-order valence-corrected chi connectivity index (χ4v) is 23.4. The summed E-state index contributed by atoms with van der Waals surface area (Å²) in [5.74, 6) is -2.88. The minimum atomic E-state index is -4.71. The summed E-state index contributed by atoms with van der Waals surface area (Å²) in [5.41, 5.74) is -2.45. The van der Waals surface area contributed by atoms with Crippen LogP contribution in [0.2, 0.25) is 0 Å². The van der Waals surface area contributed by atoms with Gasteiger partial charge in [0.1, 0.15) is 18.9 Å². The van der Waals surface area contributed by atoms with Gasteiger partial charge in [-0.2, -0.15) is 0 Å². The second-order valence-electron chi connectivity index (χ2n) is 18.0. The van der Waals surface area contributed by atoms with Crippen LogP contribution in [0.5, 0.6) is 0 Å². The molecule has 22 heteroatoms. The summed E-state index contributed by atoms with van der Waals surface area (Å²) in [6.45, 7) is 2.43. The summed E-state index contributed by atoms with van der Waals surface area (Å²) in [7, 11) is -1.76. The van der Waals surface area contributed by atoms with Gasteiger partial charge in [0.15, 0.2) is 14.6 Å². The van der Waals surface area contributed by atoms with Crippen LogP contribution in [0.4, 0.5) is 11.4 Å². The quantitative estimate of drug-likeness (QED) is 0.172. The molecule has 10 aliphatic rings. The third-order valence-electron chi connectivity index (χ3n) is 15.3. The maximum atomic E-state index is 16.0. The first-order valence-corrected chi connectivity index (χ1v) is 28.6. The van der Waals surface area contributed by atoms with Gasteiger partial charge in [-0.15, -0.1) is 0 Å². The number of ether oxygens (including phenoxy) is 1. The number of sulfonamides is 2. The molecule has 346 valence electrons. The van der Waals surface area contributed by atoms with E-state index in [9.17, 15) is 4.79 Å². The van der Waals surface area contributed by atoms with Gasteiger partial charge >= 0.3 is 5.97 Å². The average Bonchev–Trinajstić information content (AvgIpc) is 4.01. The first-order chi connectivity index (χ1) is 31.9. The van der Waals surface area contributed by atoms with E-state index in [0.717, 1.165) is 21.6 Å². The van der Waals surface area contributed by atoms with Crippen molar-refractivity contribution in [2.75, 3.05) is 29.3 Å². The summed E-state index contributed by atoms with van der Waals surface area (Å²) in [5, 5.41) is 0. The van der Waals surface area contributed by atoms with Crippen LogP contribution in [0.1, 0.15) is 44.2 Å². The molecule has 14 rings (SSSR count). The largest absolute Gasteiger partial charge is 0.462 e. The number of anilines is 2. The molecule has 4 aromatic rings. The van der Waals surface area contributed by atoms with Crippen molar-refractivity contribution in [2.45, 2.75) is 85.5 Å². The van der Waals surface area contributed by atoms with Crippen LogP contribution in [0.25, 0.3) is 0 Å². The lowest BCUT2D eigenvalue weighted by Crippen LogP contribution is -2.78. The standard InChI is InChI=1S/C45H40N6O10S6/c1-5-42-38(55)48-34-40(24-43(48,63-62-42)36(53)46(42)3,30-20-12-14-22-32(30)50(34)66(57,58)28-16-8-6-9-17-28)41-25-44-37(54)47(4)45(65-64-44,26-61-27(2)52)39(56)49(44)35(41)51(33-23-15-13-21-31(33)41)67(59,60)29-18-10-7-11-19-29/h6-23,34-35H,5,24-26H2,1-4H3/t34-,35-,40-,41-,42-,43-,44-,45-/m0/s1. The number of esters is 1. The van der Waals surface area contributed by atoms with Crippen LogP contribution < -0.4 is 8.61 Å². The van der Waals surface area contributed by atoms with Gasteiger partial charge in [-0.25, -0.2) is 25.4 Å². The van der Waals surface area contributed by atoms with E-state index < -0.39 is 98.9 Å². The number of hydrogen-bond donors (Lipinski definition) is 0. The Kier molecular flexibility index (Phi) is 8.86. The zero-order valence-electron chi connectivity index (χ0n) is 36.1. The maximum absolute atomic E-state index is 16.0. The molecular formula is C45H40N6O10S6. The first-order valence-electron chi connectivity index (χ1n) is 21.4. The zero-order chi connectivity index (χ0) is 47.1. The third kappa shape index (κ3) is 4.71. The van der Waals surface area contributed by atoms with Crippen molar-refractivity contribution in [3.8, 4) is 0 Å². The van der Waals surface area contributed by atoms with E-state index in [2.05, 4.69) is 0 Å². The fraction of sp³-hybridized carbons (Fsp3) is 0.356. The second-order valence-corrected chi connectivity index (χ2v) is 27.0. The Labute approximate surface area is 402 Å². The van der Waals surface area contributed by atoms with Crippen molar-refractivity contribution in [2.24, 2.45) is 0 Å². The Morgan fingerprint density at radius 2 is 0.970 bits per heavy atom. The number of benzene rings is 4. The van der Waals surface area contributed by atoms with Crippen molar-refractivity contribution in [1.82, 2.24) is 19.6 Å². The highest BCUT2D eigenvalue weighted by molar-refractivity contribution is 8.78. The van der Waals surface area contributed by atoms with E-state index in [1.165, 1.54) is 88.0 Å². The molecule has 10 aliphatic heterocycles. The van der Waals surface area contributed by atoms with Crippen LogP contribution in [0.15, 0.2) is 119 Å². The Morgan fingerprint density at radius 1 is 0.582 bits per heavy atom. The van der Waals surface area contributed by atoms with Gasteiger partial charge in [0, 0.05) is 33.9 Å². The lowest BCUT2D eigenvalue weighted by atomic mass is 9.54. The minimum absolute atomic E-state index is 0.0894. The highest BCUT2D eigenvalue weighted by Crippen LogP contribution is 2.80. The zero-order valence-corrected chi connectivity index (χ0v) is 41.0. The summed E-state index contributed by atoms with van der Waals surface area (Å²) >= 11 is 0. The van der Waals surface area contributed by atoms with Crippen LogP contribution >= 0.6 is 43.2 Å². The maximum Gasteiger partial charge on any atom is 0.302 e. The number of nitrogens with zero attached hydrogens (tertiary/aromatic N) is 6. The molecule has 67 heavy (non-hydrogen) atoms. The Balaban J connectivity index is 1.24. The van der Waals surface area contributed by atoms with Gasteiger partial charge in [-0.05, 0) is 64.7 Å². The van der Waals surface area contributed by atoms with Crippen LogP contribution in [-0.2, 0) is 59.6 Å². The number of carbonyl (C=O) groups excluding carboxylic acids is 5. The number of hydrogen-bond acceptors (Lipinski definition) is 14. The lowest BCUT2D eigenvalue weighted by molar-refractivity contribution is -0.169. The molecule has 4 amide bonds. The van der Waals surface area contributed by atoms with E-state index in [-0.39, 0.29) is 40.4 Å². The SMILES string of the molecule is CC[C@]12SS[C@@]3(C[C@]4([C@]56C[C@@]78SS[C@@](COC(C)=O)(C(=O)N7[C@H]5N(S(=O)(=O)c5ccccc5)c5ccccc56)N(C)C8=O)c5ccccc5N(S(=O)(=O)c5ccccc5)[C@@H]4N3C1=O)C(=O)N2C. The molecule has 0 saturated carbocycles. The Morgan fingerprint density at radius 3 is 1.40 bits per heavy atom. The van der Waals surface area contributed by atoms with Gasteiger partial charge in [0.25, 0.3) is 43.7 Å². The van der Waals surface area contributed by atoms with E-state index in [1.54, 1.807) is 98.9 Å². The van der Waals surface area contributed by atoms with Gasteiger partial charge in [-0.1, -0.05) is 112 Å².